The number of rotatable bonds is 3. The molecule has 3 N–H and O–H groups in total. The number of anilines is 2. The van der Waals surface area contributed by atoms with Gasteiger partial charge >= 0.3 is 0 Å². The minimum atomic E-state index is -0.129. The number of nitrogens with two attached hydrogens (primary N) is 1. The number of benzene rings is 2. The van der Waals surface area contributed by atoms with E-state index in [9.17, 15) is 4.79 Å². The van der Waals surface area contributed by atoms with Crippen molar-refractivity contribution in [3.8, 4) is 0 Å². The zero-order chi connectivity index (χ0) is 14.8. The number of carbonyl (C=O) groups excluding carboxylic acids is 1. The van der Waals surface area contributed by atoms with E-state index in [4.69, 9.17) is 5.73 Å². The van der Waals surface area contributed by atoms with Crippen molar-refractivity contribution in [3.63, 3.8) is 0 Å². The van der Waals surface area contributed by atoms with Crippen LogP contribution in [-0.2, 0) is 11.3 Å². The molecule has 106 valence electrons. The molecular formula is C16H16N4O. The molecule has 0 aliphatic heterocycles. The molecule has 0 radical (unpaired) electrons. The lowest BCUT2D eigenvalue weighted by atomic mass is 10.2. The largest absolute Gasteiger partial charge is 0.369 e. The van der Waals surface area contributed by atoms with Crippen molar-refractivity contribution < 1.29 is 4.79 Å². The van der Waals surface area contributed by atoms with Crippen LogP contribution < -0.4 is 11.1 Å². The first-order valence-corrected chi connectivity index (χ1v) is 6.71. The SMILES string of the molecule is Cc1cccc(NC(=O)Cn2c(N)nc3ccccc32)c1. The lowest BCUT2D eigenvalue weighted by Crippen LogP contribution is -2.19. The number of nitrogens with zero attached hydrogens (tertiary/aromatic N) is 2. The van der Waals surface area contributed by atoms with Crippen LogP contribution in [0, 0.1) is 6.92 Å². The fourth-order valence-corrected chi connectivity index (χ4v) is 2.33. The summed E-state index contributed by atoms with van der Waals surface area (Å²) in [5, 5.41) is 2.87. The number of amides is 1. The number of para-hydroxylation sites is 2. The van der Waals surface area contributed by atoms with Crippen LogP contribution in [0.1, 0.15) is 5.56 Å². The quantitative estimate of drug-likeness (QED) is 0.774. The van der Waals surface area contributed by atoms with Crippen LogP contribution in [0.15, 0.2) is 48.5 Å². The van der Waals surface area contributed by atoms with E-state index in [-0.39, 0.29) is 12.5 Å². The predicted molar refractivity (Wildman–Crippen MR) is 84.0 cm³/mol. The Morgan fingerprint density at radius 1 is 1.24 bits per heavy atom. The summed E-state index contributed by atoms with van der Waals surface area (Å²) < 4.78 is 1.71. The summed E-state index contributed by atoms with van der Waals surface area (Å²) in [5.74, 6) is 0.214. The molecule has 0 spiro atoms. The third-order valence-electron chi connectivity index (χ3n) is 3.29. The average molecular weight is 280 g/mol. The Balaban J connectivity index is 1.82. The zero-order valence-electron chi connectivity index (χ0n) is 11.7. The fraction of sp³-hybridized carbons (Fsp3) is 0.125. The molecule has 1 amide bonds. The first-order valence-electron chi connectivity index (χ1n) is 6.71. The van der Waals surface area contributed by atoms with Crippen molar-refractivity contribution in [2.45, 2.75) is 13.5 Å². The van der Waals surface area contributed by atoms with Crippen molar-refractivity contribution in [2.75, 3.05) is 11.1 Å². The van der Waals surface area contributed by atoms with Gasteiger partial charge in [0.15, 0.2) is 0 Å². The van der Waals surface area contributed by atoms with Gasteiger partial charge in [-0.05, 0) is 36.8 Å². The Morgan fingerprint density at radius 2 is 2.05 bits per heavy atom. The van der Waals surface area contributed by atoms with Gasteiger partial charge in [-0.2, -0.15) is 0 Å². The molecule has 5 heteroatoms. The summed E-state index contributed by atoms with van der Waals surface area (Å²) >= 11 is 0. The predicted octanol–water partition coefficient (Wildman–Crippen LogP) is 2.57. The Kier molecular flexibility index (Phi) is 3.31. The Morgan fingerprint density at radius 3 is 2.86 bits per heavy atom. The van der Waals surface area contributed by atoms with Crippen LogP contribution in [0.4, 0.5) is 11.6 Å². The van der Waals surface area contributed by atoms with E-state index in [2.05, 4.69) is 10.3 Å². The molecule has 0 saturated carbocycles. The van der Waals surface area contributed by atoms with E-state index in [1.54, 1.807) is 4.57 Å². The molecule has 3 rings (SSSR count). The number of fused-ring (bicyclic) bond motifs is 1. The van der Waals surface area contributed by atoms with Gasteiger partial charge in [0.2, 0.25) is 11.9 Å². The first-order chi connectivity index (χ1) is 10.1. The maximum absolute atomic E-state index is 12.2. The third kappa shape index (κ3) is 2.72. The Bertz CT molecular complexity index is 807. The molecule has 21 heavy (non-hydrogen) atoms. The fourth-order valence-electron chi connectivity index (χ4n) is 2.33. The maximum Gasteiger partial charge on any atom is 0.244 e. The van der Waals surface area contributed by atoms with Crippen LogP contribution in [0.2, 0.25) is 0 Å². The Labute approximate surface area is 122 Å². The van der Waals surface area contributed by atoms with E-state index in [0.717, 1.165) is 22.3 Å². The van der Waals surface area contributed by atoms with E-state index < -0.39 is 0 Å². The van der Waals surface area contributed by atoms with E-state index in [1.165, 1.54) is 0 Å². The number of carbonyl (C=O) groups is 1. The molecule has 1 aromatic heterocycles. The number of hydrogen-bond acceptors (Lipinski definition) is 3. The van der Waals surface area contributed by atoms with Gasteiger partial charge in [0, 0.05) is 5.69 Å². The minimum absolute atomic E-state index is 0.129. The van der Waals surface area contributed by atoms with E-state index in [1.807, 2.05) is 55.5 Å². The molecule has 2 aromatic carbocycles. The van der Waals surface area contributed by atoms with Crippen LogP contribution in [0.5, 0.6) is 0 Å². The molecule has 3 aromatic rings. The molecule has 0 atom stereocenters. The molecule has 0 aliphatic carbocycles. The number of nitrogen functional groups attached to an aromatic ring is 1. The Hall–Kier alpha value is -2.82. The van der Waals surface area contributed by atoms with Gasteiger partial charge in [-0.3, -0.25) is 4.79 Å². The normalized spacial score (nSPS) is 10.7. The third-order valence-corrected chi connectivity index (χ3v) is 3.29. The molecule has 0 unspecified atom stereocenters. The van der Waals surface area contributed by atoms with Crippen LogP contribution in [-0.4, -0.2) is 15.5 Å². The lowest BCUT2D eigenvalue weighted by molar-refractivity contribution is -0.116. The summed E-state index contributed by atoms with van der Waals surface area (Å²) in [5.41, 5.74) is 9.42. The first kappa shape index (κ1) is 13.2. The summed E-state index contributed by atoms with van der Waals surface area (Å²) in [4.78, 5) is 16.4. The highest BCUT2D eigenvalue weighted by molar-refractivity contribution is 5.92. The maximum atomic E-state index is 12.2. The van der Waals surface area contributed by atoms with Gasteiger partial charge in [-0.15, -0.1) is 0 Å². The second-order valence-corrected chi connectivity index (χ2v) is 4.96. The van der Waals surface area contributed by atoms with Gasteiger partial charge in [0.1, 0.15) is 6.54 Å². The number of aryl methyl sites for hydroxylation is 1. The second kappa shape index (κ2) is 5.28. The van der Waals surface area contributed by atoms with Crippen molar-refractivity contribution in [1.82, 2.24) is 9.55 Å². The standard InChI is InChI=1S/C16H16N4O/c1-11-5-4-6-12(9-11)18-15(21)10-20-14-8-3-2-7-13(14)19-16(20)17/h2-9H,10H2,1H3,(H2,17,19)(H,18,21). The van der Waals surface area contributed by atoms with Crippen molar-refractivity contribution in [1.29, 1.82) is 0 Å². The van der Waals surface area contributed by atoms with Crippen molar-refractivity contribution in [2.24, 2.45) is 0 Å². The number of aromatic nitrogens is 2. The lowest BCUT2D eigenvalue weighted by Gasteiger charge is -2.08. The van der Waals surface area contributed by atoms with Crippen LogP contribution >= 0.6 is 0 Å². The molecule has 0 fully saturated rings. The van der Waals surface area contributed by atoms with E-state index in [0.29, 0.717) is 5.95 Å². The molecular weight excluding hydrogens is 264 g/mol. The highest BCUT2D eigenvalue weighted by Crippen LogP contribution is 2.17. The number of nitrogens with one attached hydrogen (secondary N) is 1. The van der Waals surface area contributed by atoms with Crippen molar-refractivity contribution >= 4 is 28.6 Å². The van der Waals surface area contributed by atoms with Gasteiger partial charge in [0.05, 0.1) is 11.0 Å². The zero-order valence-corrected chi connectivity index (χ0v) is 11.7. The highest BCUT2D eigenvalue weighted by Gasteiger charge is 2.11. The summed E-state index contributed by atoms with van der Waals surface area (Å²) in [6.45, 7) is 2.12. The van der Waals surface area contributed by atoms with Crippen molar-refractivity contribution in [3.05, 3.63) is 54.1 Å². The van der Waals surface area contributed by atoms with Crippen LogP contribution in [0.3, 0.4) is 0 Å². The van der Waals surface area contributed by atoms with Gasteiger partial charge < -0.3 is 15.6 Å². The summed E-state index contributed by atoms with van der Waals surface area (Å²) in [7, 11) is 0. The number of imidazole rings is 1. The summed E-state index contributed by atoms with van der Waals surface area (Å²) in [6, 6.07) is 15.3. The van der Waals surface area contributed by atoms with Crippen LogP contribution in [0.25, 0.3) is 11.0 Å². The van der Waals surface area contributed by atoms with E-state index >= 15 is 0 Å². The molecule has 5 nitrogen and oxygen atoms in total. The monoisotopic (exact) mass is 280 g/mol. The van der Waals surface area contributed by atoms with Gasteiger partial charge in [0.25, 0.3) is 0 Å². The average Bonchev–Trinajstić information content (AvgIpc) is 2.75. The second-order valence-electron chi connectivity index (χ2n) is 4.96. The molecule has 0 bridgehead atoms. The molecule has 0 aliphatic rings. The van der Waals surface area contributed by atoms with Gasteiger partial charge in [-0.25, -0.2) is 4.98 Å². The van der Waals surface area contributed by atoms with Gasteiger partial charge in [-0.1, -0.05) is 24.3 Å². The molecule has 1 heterocycles. The topological polar surface area (TPSA) is 72.9 Å². The minimum Gasteiger partial charge on any atom is -0.369 e. The molecule has 0 saturated heterocycles. The number of hydrogen-bond donors (Lipinski definition) is 2. The smallest absolute Gasteiger partial charge is 0.244 e. The summed E-state index contributed by atoms with van der Waals surface area (Å²) in [6.07, 6.45) is 0. The highest BCUT2D eigenvalue weighted by atomic mass is 16.1.